The van der Waals surface area contributed by atoms with Gasteiger partial charge >= 0.3 is 0 Å². The van der Waals surface area contributed by atoms with E-state index < -0.39 is 0 Å². The van der Waals surface area contributed by atoms with Crippen molar-refractivity contribution in [3.8, 4) is 11.5 Å². The van der Waals surface area contributed by atoms with Crippen LogP contribution in [0.15, 0.2) is 34.1 Å². The predicted octanol–water partition coefficient (Wildman–Crippen LogP) is 4.25. The fraction of sp³-hybridized carbons (Fsp3) is 0.375. The summed E-state index contributed by atoms with van der Waals surface area (Å²) >= 11 is 5.20. The molecule has 0 aliphatic carbocycles. The van der Waals surface area contributed by atoms with E-state index in [1.807, 2.05) is 12.1 Å². The second-order valence-electron chi connectivity index (χ2n) is 4.60. The molecule has 0 amide bonds. The van der Waals surface area contributed by atoms with Gasteiger partial charge in [0.25, 0.3) is 0 Å². The Balaban J connectivity index is 1.75. The Labute approximate surface area is 138 Å². The first-order chi connectivity index (χ1) is 10.2. The van der Waals surface area contributed by atoms with Gasteiger partial charge in [-0.1, -0.05) is 13.0 Å². The maximum atomic E-state index is 5.78. The average molecular weight is 370 g/mol. The molecule has 1 N–H and O–H groups in total. The number of thiophene rings is 1. The van der Waals surface area contributed by atoms with Gasteiger partial charge in [-0.2, -0.15) is 0 Å². The van der Waals surface area contributed by atoms with E-state index in [0.717, 1.165) is 35.5 Å². The SMILES string of the molecule is CCc1ccc(OCCNCc2cc(Br)cs2)c(OC)c1. The fourth-order valence-electron chi connectivity index (χ4n) is 1.94. The third kappa shape index (κ3) is 5.02. The summed E-state index contributed by atoms with van der Waals surface area (Å²) in [6, 6.07) is 8.22. The van der Waals surface area contributed by atoms with Gasteiger partial charge in [0.15, 0.2) is 11.5 Å². The van der Waals surface area contributed by atoms with Crippen LogP contribution >= 0.6 is 27.3 Å². The summed E-state index contributed by atoms with van der Waals surface area (Å²) in [4.78, 5) is 1.31. The Morgan fingerprint density at radius 3 is 2.76 bits per heavy atom. The van der Waals surface area contributed by atoms with Gasteiger partial charge in [-0.3, -0.25) is 0 Å². The van der Waals surface area contributed by atoms with Crippen LogP contribution in [0.4, 0.5) is 0 Å². The van der Waals surface area contributed by atoms with Crippen LogP contribution in [0.2, 0.25) is 0 Å². The Morgan fingerprint density at radius 2 is 2.10 bits per heavy atom. The minimum absolute atomic E-state index is 0.619. The summed E-state index contributed by atoms with van der Waals surface area (Å²) in [5.41, 5.74) is 1.25. The second-order valence-corrected chi connectivity index (χ2v) is 6.51. The molecule has 0 fully saturated rings. The van der Waals surface area contributed by atoms with E-state index in [0.29, 0.717) is 6.61 Å². The van der Waals surface area contributed by atoms with Gasteiger partial charge in [0, 0.05) is 27.8 Å². The van der Waals surface area contributed by atoms with Crippen molar-refractivity contribution in [2.24, 2.45) is 0 Å². The molecule has 0 aliphatic heterocycles. The van der Waals surface area contributed by atoms with Gasteiger partial charge in [-0.25, -0.2) is 0 Å². The molecule has 0 unspecified atom stereocenters. The zero-order valence-corrected chi connectivity index (χ0v) is 14.7. The van der Waals surface area contributed by atoms with Crippen LogP contribution in [-0.4, -0.2) is 20.3 Å². The maximum Gasteiger partial charge on any atom is 0.161 e. The number of nitrogens with one attached hydrogen (secondary N) is 1. The van der Waals surface area contributed by atoms with Crippen LogP contribution < -0.4 is 14.8 Å². The minimum atomic E-state index is 0.619. The highest BCUT2D eigenvalue weighted by Crippen LogP contribution is 2.28. The Hall–Kier alpha value is -1.04. The van der Waals surface area contributed by atoms with Crippen molar-refractivity contribution in [2.75, 3.05) is 20.3 Å². The summed E-state index contributed by atoms with van der Waals surface area (Å²) in [6.45, 7) is 4.41. The smallest absolute Gasteiger partial charge is 0.161 e. The molecule has 3 nitrogen and oxygen atoms in total. The number of benzene rings is 1. The van der Waals surface area contributed by atoms with Gasteiger partial charge in [-0.15, -0.1) is 11.3 Å². The number of hydrogen-bond donors (Lipinski definition) is 1. The third-order valence-corrected chi connectivity index (χ3v) is 4.79. The van der Waals surface area contributed by atoms with Crippen LogP contribution in [0.3, 0.4) is 0 Å². The van der Waals surface area contributed by atoms with Crippen LogP contribution in [0, 0.1) is 0 Å². The van der Waals surface area contributed by atoms with Crippen molar-refractivity contribution in [3.63, 3.8) is 0 Å². The topological polar surface area (TPSA) is 30.5 Å². The van der Waals surface area contributed by atoms with Gasteiger partial charge in [-0.05, 0) is 46.1 Å². The first-order valence-corrected chi connectivity index (χ1v) is 8.63. The highest BCUT2D eigenvalue weighted by atomic mass is 79.9. The number of hydrogen-bond acceptors (Lipinski definition) is 4. The summed E-state index contributed by atoms with van der Waals surface area (Å²) < 4.78 is 12.3. The predicted molar refractivity (Wildman–Crippen MR) is 91.6 cm³/mol. The Kier molecular flexibility index (Phi) is 6.54. The van der Waals surface area contributed by atoms with E-state index in [4.69, 9.17) is 9.47 Å². The first kappa shape index (κ1) is 16.3. The molecule has 2 aromatic rings. The molecule has 2 rings (SSSR count). The van der Waals surface area contributed by atoms with Crippen molar-refractivity contribution < 1.29 is 9.47 Å². The standard InChI is InChI=1S/C16H20BrNO2S/c1-3-12-4-5-15(16(8-12)19-2)20-7-6-18-10-14-9-13(17)11-21-14/h4-5,8-9,11,18H,3,6-7,10H2,1-2H3. The highest BCUT2D eigenvalue weighted by Gasteiger charge is 2.05. The summed E-state index contributed by atoms with van der Waals surface area (Å²) in [5.74, 6) is 1.60. The lowest BCUT2D eigenvalue weighted by Gasteiger charge is -2.12. The van der Waals surface area contributed by atoms with Gasteiger partial charge in [0.2, 0.25) is 0 Å². The molecule has 0 atom stereocenters. The molecular weight excluding hydrogens is 350 g/mol. The molecule has 0 radical (unpaired) electrons. The van der Waals surface area contributed by atoms with E-state index in [1.165, 1.54) is 10.4 Å². The molecule has 1 aromatic carbocycles. The van der Waals surface area contributed by atoms with Crippen molar-refractivity contribution in [1.82, 2.24) is 5.32 Å². The first-order valence-electron chi connectivity index (χ1n) is 6.96. The molecule has 5 heteroatoms. The van der Waals surface area contributed by atoms with E-state index in [1.54, 1.807) is 18.4 Å². The molecule has 0 spiro atoms. The number of halogens is 1. The fourth-order valence-corrected chi connectivity index (χ4v) is 3.36. The molecule has 0 aliphatic rings. The summed E-state index contributed by atoms with van der Waals surface area (Å²) in [5, 5.41) is 5.46. The van der Waals surface area contributed by atoms with Crippen molar-refractivity contribution in [1.29, 1.82) is 0 Å². The summed E-state index contributed by atoms with van der Waals surface area (Å²) in [7, 11) is 1.68. The van der Waals surface area contributed by atoms with E-state index in [-0.39, 0.29) is 0 Å². The molecule has 0 saturated carbocycles. The number of aryl methyl sites for hydroxylation is 1. The lowest BCUT2D eigenvalue weighted by Crippen LogP contribution is -2.20. The lowest BCUT2D eigenvalue weighted by atomic mass is 10.1. The van der Waals surface area contributed by atoms with Crippen LogP contribution in [0.5, 0.6) is 11.5 Å². The molecule has 0 bridgehead atoms. The lowest BCUT2D eigenvalue weighted by molar-refractivity contribution is 0.292. The monoisotopic (exact) mass is 369 g/mol. The van der Waals surface area contributed by atoms with Crippen molar-refractivity contribution in [2.45, 2.75) is 19.9 Å². The molecule has 0 saturated heterocycles. The Morgan fingerprint density at radius 1 is 1.24 bits per heavy atom. The molecule has 1 aromatic heterocycles. The van der Waals surface area contributed by atoms with Crippen LogP contribution in [0.1, 0.15) is 17.4 Å². The molecule has 21 heavy (non-hydrogen) atoms. The van der Waals surface area contributed by atoms with E-state index >= 15 is 0 Å². The largest absolute Gasteiger partial charge is 0.493 e. The average Bonchev–Trinajstić information content (AvgIpc) is 2.92. The van der Waals surface area contributed by atoms with Crippen molar-refractivity contribution >= 4 is 27.3 Å². The normalized spacial score (nSPS) is 10.6. The quantitative estimate of drug-likeness (QED) is 0.705. The zero-order valence-electron chi connectivity index (χ0n) is 12.3. The minimum Gasteiger partial charge on any atom is -0.493 e. The van der Waals surface area contributed by atoms with E-state index in [2.05, 4.69) is 45.7 Å². The van der Waals surface area contributed by atoms with Crippen molar-refractivity contribution in [3.05, 3.63) is 44.6 Å². The van der Waals surface area contributed by atoms with Crippen LogP contribution in [0.25, 0.3) is 0 Å². The molecule has 1 heterocycles. The highest BCUT2D eigenvalue weighted by molar-refractivity contribution is 9.10. The van der Waals surface area contributed by atoms with Crippen LogP contribution in [-0.2, 0) is 13.0 Å². The number of rotatable bonds is 8. The zero-order chi connectivity index (χ0) is 15.1. The Bertz CT molecular complexity index is 571. The number of methoxy groups -OCH3 is 1. The summed E-state index contributed by atoms with van der Waals surface area (Å²) in [6.07, 6.45) is 0.995. The van der Waals surface area contributed by atoms with Gasteiger partial charge < -0.3 is 14.8 Å². The molecular formula is C16H20BrNO2S. The van der Waals surface area contributed by atoms with E-state index in [9.17, 15) is 0 Å². The van der Waals surface area contributed by atoms with Gasteiger partial charge in [0.1, 0.15) is 6.61 Å². The van der Waals surface area contributed by atoms with Gasteiger partial charge in [0.05, 0.1) is 7.11 Å². The number of ether oxygens (including phenoxy) is 2. The maximum absolute atomic E-state index is 5.78. The third-order valence-electron chi connectivity index (χ3n) is 3.09. The molecule has 114 valence electrons. The second kappa shape index (κ2) is 8.41.